The summed E-state index contributed by atoms with van der Waals surface area (Å²) < 4.78 is 30.9. The fraction of sp³-hybridized carbons (Fsp3) is 0.312. The highest BCUT2D eigenvalue weighted by atomic mass is 35.5. The lowest BCUT2D eigenvalue weighted by Crippen LogP contribution is -2.30. The zero-order valence-corrected chi connectivity index (χ0v) is 15.4. The first kappa shape index (κ1) is 18.5. The summed E-state index contributed by atoms with van der Waals surface area (Å²) in [6.07, 6.45) is 1.53. The van der Waals surface area contributed by atoms with Crippen LogP contribution in [0.4, 0.5) is 0 Å². The number of halogens is 1. The fourth-order valence-electron chi connectivity index (χ4n) is 2.13. The molecule has 1 aromatic heterocycles. The van der Waals surface area contributed by atoms with Gasteiger partial charge >= 0.3 is 0 Å². The fourth-order valence-corrected chi connectivity index (χ4v) is 3.25. The van der Waals surface area contributed by atoms with E-state index in [0.29, 0.717) is 5.76 Å². The van der Waals surface area contributed by atoms with Crippen molar-refractivity contribution in [3.8, 4) is 0 Å². The van der Waals surface area contributed by atoms with Gasteiger partial charge in [0.1, 0.15) is 5.76 Å². The van der Waals surface area contributed by atoms with E-state index in [4.69, 9.17) is 16.0 Å². The number of amides is 1. The van der Waals surface area contributed by atoms with Gasteiger partial charge in [-0.2, -0.15) is 0 Å². The van der Waals surface area contributed by atoms with E-state index < -0.39 is 10.0 Å². The van der Waals surface area contributed by atoms with Gasteiger partial charge in [-0.3, -0.25) is 4.79 Å². The molecule has 0 saturated carbocycles. The molecule has 8 heteroatoms. The molecule has 0 N–H and O–H groups in total. The predicted octanol–water partition coefficient (Wildman–Crippen LogP) is 3.02. The van der Waals surface area contributed by atoms with Crippen molar-refractivity contribution in [2.24, 2.45) is 0 Å². The van der Waals surface area contributed by atoms with Crippen LogP contribution in [0.25, 0.3) is 0 Å². The first-order chi connectivity index (χ1) is 11.2. The SMILES string of the molecule is CC(c1ccco1)N(C)C(=O)c1cc(S(=O)(=O)N(C)C)ccc1Cl. The molecule has 6 nitrogen and oxygen atoms in total. The van der Waals surface area contributed by atoms with Crippen molar-refractivity contribution in [3.63, 3.8) is 0 Å². The highest BCUT2D eigenvalue weighted by Crippen LogP contribution is 2.26. The molecule has 0 aliphatic rings. The van der Waals surface area contributed by atoms with Crippen LogP contribution in [-0.2, 0) is 10.0 Å². The largest absolute Gasteiger partial charge is 0.467 e. The molecule has 1 amide bonds. The van der Waals surface area contributed by atoms with Crippen LogP contribution in [0.1, 0.15) is 29.1 Å². The summed E-state index contributed by atoms with van der Waals surface area (Å²) in [7, 11) is 0.811. The normalized spacial score (nSPS) is 13.1. The lowest BCUT2D eigenvalue weighted by molar-refractivity contribution is 0.0726. The Bertz CT molecular complexity index is 832. The summed E-state index contributed by atoms with van der Waals surface area (Å²) in [6, 6.07) is 7.27. The minimum Gasteiger partial charge on any atom is -0.467 e. The smallest absolute Gasteiger partial charge is 0.255 e. The van der Waals surface area contributed by atoms with Crippen molar-refractivity contribution < 1.29 is 17.6 Å². The van der Waals surface area contributed by atoms with Crippen molar-refractivity contribution in [2.75, 3.05) is 21.1 Å². The number of benzene rings is 1. The second-order valence-corrected chi connectivity index (χ2v) is 8.10. The van der Waals surface area contributed by atoms with Crippen LogP contribution < -0.4 is 0 Å². The van der Waals surface area contributed by atoms with Crippen LogP contribution in [0.3, 0.4) is 0 Å². The maximum absolute atomic E-state index is 12.7. The maximum atomic E-state index is 12.7. The maximum Gasteiger partial charge on any atom is 0.255 e. The Balaban J connectivity index is 2.39. The molecular formula is C16H19ClN2O4S. The van der Waals surface area contributed by atoms with Crippen molar-refractivity contribution in [2.45, 2.75) is 17.9 Å². The molecule has 1 unspecified atom stereocenters. The van der Waals surface area contributed by atoms with E-state index in [9.17, 15) is 13.2 Å². The quantitative estimate of drug-likeness (QED) is 0.811. The van der Waals surface area contributed by atoms with Gasteiger partial charge in [0.2, 0.25) is 10.0 Å². The Kier molecular flexibility index (Phi) is 5.37. The Morgan fingerprint density at radius 3 is 2.42 bits per heavy atom. The van der Waals surface area contributed by atoms with Crippen molar-refractivity contribution in [1.29, 1.82) is 0 Å². The van der Waals surface area contributed by atoms with Gasteiger partial charge in [-0.15, -0.1) is 0 Å². The van der Waals surface area contributed by atoms with Crippen molar-refractivity contribution in [3.05, 3.63) is 52.9 Å². The van der Waals surface area contributed by atoms with Gasteiger partial charge in [0.05, 0.1) is 27.8 Å². The number of sulfonamides is 1. The molecule has 0 aliphatic carbocycles. The molecule has 1 aromatic carbocycles. The third-order valence-electron chi connectivity index (χ3n) is 3.80. The Labute approximate surface area is 146 Å². The van der Waals surface area contributed by atoms with Gasteiger partial charge in [-0.25, -0.2) is 12.7 Å². The minimum absolute atomic E-state index is 0.0132. The molecule has 1 heterocycles. The average molecular weight is 371 g/mol. The molecule has 0 saturated heterocycles. The number of furan rings is 1. The summed E-state index contributed by atoms with van der Waals surface area (Å²) in [5, 5.41) is 0.191. The Hall–Kier alpha value is -1.83. The molecule has 130 valence electrons. The third kappa shape index (κ3) is 3.48. The molecule has 0 aliphatic heterocycles. The summed E-state index contributed by atoms with van der Waals surface area (Å²) in [6.45, 7) is 1.81. The lowest BCUT2D eigenvalue weighted by Gasteiger charge is -2.24. The zero-order chi connectivity index (χ0) is 18.1. The second kappa shape index (κ2) is 6.96. The van der Waals surface area contributed by atoms with Gasteiger partial charge in [0.25, 0.3) is 5.91 Å². The highest BCUT2D eigenvalue weighted by Gasteiger charge is 2.25. The van der Waals surface area contributed by atoms with Crippen molar-refractivity contribution in [1.82, 2.24) is 9.21 Å². The summed E-state index contributed by atoms with van der Waals surface area (Å²) in [5.74, 6) is 0.235. The number of hydrogen-bond acceptors (Lipinski definition) is 4. The standard InChI is InChI=1S/C16H19ClN2O4S/c1-11(15-6-5-9-23-15)19(4)16(20)13-10-12(7-8-14(13)17)24(21,22)18(2)3/h5-11H,1-4H3. The number of hydrogen-bond donors (Lipinski definition) is 0. The molecule has 0 spiro atoms. The highest BCUT2D eigenvalue weighted by molar-refractivity contribution is 7.89. The topological polar surface area (TPSA) is 70.8 Å². The summed E-state index contributed by atoms with van der Waals surface area (Å²) in [5.41, 5.74) is 0.125. The first-order valence-corrected chi connectivity index (χ1v) is 9.00. The zero-order valence-electron chi connectivity index (χ0n) is 13.9. The van der Waals surface area contributed by atoms with E-state index in [1.54, 1.807) is 19.2 Å². The number of carbonyl (C=O) groups is 1. The monoisotopic (exact) mass is 370 g/mol. The molecule has 2 aromatic rings. The number of nitrogens with zero attached hydrogens (tertiary/aromatic N) is 2. The van der Waals surface area contributed by atoms with E-state index >= 15 is 0 Å². The van der Waals surface area contributed by atoms with Crippen LogP contribution in [0, 0.1) is 0 Å². The van der Waals surface area contributed by atoms with Crippen LogP contribution in [0.15, 0.2) is 45.9 Å². The Morgan fingerprint density at radius 2 is 1.88 bits per heavy atom. The molecule has 0 bridgehead atoms. The van der Waals surface area contributed by atoms with Crippen LogP contribution in [0.5, 0.6) is 0 Å². The Morgan fingerprint density at radius 1 is 1.21 bits per heavy atom. The second-order valence-electron chi connectivity index (χ2n) is 5.54. The van der Waals surface area contributed by atoms with E-state index in [2.05, 4.69) is 0 Å². The van der Waals surface area contributed by atoms with Gasteiger partial charge in [0.15, 0.2) is 0 Å². The van der Waals surface area contributed by atoms with E-state index in [0.717, 1.165) is 4.31 Å². The minimum atomic E-state index is -3.65. The lowest BCUT2D eigenvalue weighted by atomic mass is 10.1. The molecular weight excluding hydrogens is 352 g/mol. The van der Waals surface area contributed by atoms with Crippen LogP contribution in [-0.4, -0.2) is 44.7 Å². The van der Waals surface area contributed by atoms with Gasteiger partial charge < -0.3 is 9.32 Å². The summed E-state index contributed by atoms with van der Waals surface area (Å²) in [4.78, 5) is 14.2. The van der Waals surface area contributed by atoms with Crippen LogP contribution in [0.2, 0.25) is 5.02 Å². The van der Waals surface area contributed by atoms with E-state index in [1.165, 1.54) is 43.5 Å². The first-order valence-electron chi connectivity index (χ1n) is 7.19. The van der Waals surface area contributed by atoms with Crippen LogP contribution >= 0.6 is 11.6 Å². The van der Waals surface area contributed by atoms with Gasteiger partial charge in [0, 0.05) is 21.1 Å². The molecule has 0 radical (unpaired) electrons. The molecule has 1 atom stereocenters. The van der Waals surface area contributed by atoms with Gasteiger partial charge in [-0.1, -0.05) is 11.6 Å². The predicted molar refractivity (Wildman–Crippen MR) is 91.5 cm³/mol. The molecule has 2 rings (SSSR count). The van der Waals surface area contributed by atoms with E-state index in [-0.39, 0.29) is 27.4 Å². The molecule has 0 fully saturated rings. The van der Waals surface area contributed by atoms with Gasteiger partial charge in [-0.05, 0) is 37.3 Å². The number of rotatable bonds is 5. The molecule has 24 heavy (non-hydrogen) atoms. The average Bonchev–Trinajstić information content (AvgIpc) is 3.07. The number of carbonyl (C=O) groups excluding carboxylic acids is 1. The summed E-state index contributed by atoms with van der Waals surface area (Å²) >= 11 is 6.12. The van der Waals surface area contributed by atoms with Crippen molar-refractivity contribution >= 4 is 27.5 Å². The van der Waals surface area contributed by atoms with E-state index in [1.807, 2.05) is 6.92 Å². The third-order valence-corrected chi connectivity index (χ3v) is 5.94.